The van der Waals surface area contributed by atoms with Crippen LogP contribution in [0.5, 0.6) is 11.5 Å². The number of rotatable bonds is 8. The number of hydrogen-bond donors (Lipinski definition) is 5. The molecule has 1 atom stereocenters. The Kier molecular flexibility index (Phi) is 9.11. The van der Waals surface area contributed by atoms with Crippen LogP contribution in [-0.4, -0.2) is 78.4 Å². The highest BCUT2D eigenvalue weighted by molar-refractivity contribution is 9.10. The van der Waals surface area contributed by atoms with Gasteiger partial charge in [0.25, 0.3) is 5.79 Å². The lowest BCUT2D eigenvalue weighted by Crippen LogP contribution is -2.63. The maximum Gasteiger partial charge on any atom is 0.511 e. The smallest absolute Gasteiger partial charge is 0.496 e. The quantitative estimate of drug-likeness (QED) is 0.230. The topological polar surface area (TPSA) is 182 Å². The molecule has 0 spiro atoms. The van der Waals surface area contributed by atoms with E-state index in [0.717, 1.165) is 13.0 Å². The van der Waals surface area contributed by atoms with Gasteiger partial charge in [0.1, 0.15) is 17.6 Å². The fourth-order valence-electron chi connectivity index (χ4n) is 2.85. The monoisotopic (exact) mass is 539 g/mol. The summed E-state index contributed by atoms with van der Waals surface area (Å²) in [5, 5.41) is 42.9. The summed E-state index contributed by atoms with van der Waals surface area (Å²) in [6.45, 7) is 2.02. The van der Waals surface area contributed by atoms with Gasteiger partial charge in [0.05, 0.1) is 37.5 Å². The second kappa shape index (κ2) is 11.2. The zero-order chi connectivity index (χ0) is 24.8. The zero-order valence-corrected chi connectivity index (χ0v) is 19.7. The third kappa shape index (κ3) is 6.82. The number of carbonyl (C=O) groups is 2. The Labute approximate surface area is 197 Å². The van der Waals surface area contributed by atoms with Crippen molar-refractivity contribution in [3.63, 3.8) is 0 Å². The molecule has 1 unspecified atom stereocenters. The molecule has 186 valence electrons. The van der Waals surface area contributed by atoms with E-state index in [4.69, 9.17) is 28.4 Å². The van der Waals surface area contributed by atoms with E-state index < -0.39 is 41.9 Å². The van der Waals surface area contributed by atoms with E-state index in [1.54, 1.807) is 0 Å². The number of benzene rings is 1. The summed E-state index contributed by atoms with van der Waals surface area (Å²) in [6.07, 6.45) is -3.60. The molecule has 33 heavy (non-hydrogen) atoms. The summed E-state index contributed by atoms with van der Waals surface area (Å²) in [5.74, 6) is -7.26. The van der Waals surface area contributed by atoms with Crippen LogP contribution in [0.15, 0.2) is 16.6 Å². The SMILES string of the molecule is COc1cc(C(O)(O)C(O)(O)NC(=O)OC(C)OC(=O)OC2CCOCC2)c(OC)cc1Br. The molecule has 0 aliphatic carbocycles. The minimum atomic E-state index is -3.68. The molecule has 0 radical (unpaired) electrons. The van der Waals surface area contributed by atoms with Crippen molar-refractivity contribution in [2.75, 3.05) is 27.4 Å². The maximum absolute atomic E-state index is 12.1. The summed E-state index contributed by atoms with van der Waals surface area (Å²) < 4.78 is 30.1. The number of ether oxygens (including phenoxy) is 6. The van der Waals surface area contributed by atoms with E-state index in [9.17, 15) is 30.0 Å². The van der Waals surface area contributed by atoms with E-state index in [-0.39, 0.29) is 11.5 Å². The average Bonchev–Trinajstić information content (AvgIpc) is 2.73. The number of alkyl carbamates (subject to hydrolysis) is 1. The Morgan fingerprint density at radius 2 is 1.70 bits per heavy atom. The number of hydrogen-bond acceptors (Lipinski definition) is 12. The fraction of sp³-hybridized carbons (Fsp3) is 0.579. The van der Waals surface area contributed by atoms with Crippen molar-refractivity contribution >= 4 is 28.2 Å². The second-order valence-electron chi connectivity index (χ2n) is 6.93. The maximum atomic E-state index is 12.1. The zero-order valence-electron chi connectivity index (χ0n) is 18.1. The van der Waals surface area contributed by atoms with Crippen LogP contribution in [-0.2, 0) is 24.7 Å². The van der Waals surface area contributed by atoms with Gasteiger partial charge in [0.2, 0.25) is 6.29 Å². The van der Waals surface area contributed by atoms with Crippen LogP contribution in [0.3, 0.4) is 0 Å². The Hall–Kier alpha value is -2.36. The van der Waals surface area contributed by atoms with Crippen molar-refractivity contribution in [1.29, 1.82) is 0 Å². The number of methoxy groups -OCH3 is 2. The standard InChI is InChI=1S/C19H26BrNO12/c1-10(32-17(23)33-11-4-6-30-7-5-11)31-16(22)21-19(26,27)18(24,25)12-8-15(29-3)13(20)9-14(12)28-2/h8-11,24-27H,4-7H2,1-3H3,(H,21,22). The summed E-state index contributed by atoms with van der Waals surface area (Å²) in [4.78, 5) is 23.8. The predicted molar refractivity (Wildman–Crippen MR) is 111 cm³/mol. The van der Waals surface area contributed by atoms with Gasteiger partial charge in [-0.25, -0.2) is 9.59 Å². The molecule has 0 saturated carbocycles. The molecule has 1 saturated heterocycles. The van der Waals surface area contributed by atoms with Crippen molar-refractivity contribution in [3.05, 3.63) is 22.2 Å². The lowest BCUT2D eigenvalue weighted by molar-refractivity contribution is -0.375. The third-order valence-corrected chi connectivity index (χ3v) is 5.20. The van der Waals surface area contributed by atoms with Crippen LogP contribution in [0, 0.1) is 0 Å². The van der Waals surface area contributed by atoms with Gasteiger partial charge in [-0.2, -0.15) is 0 Å². The molecule has 0 bridgehead atoms. The van der Waals surface area contributed by atoms with Gasteiger partial charge in [0.15, 0.2) is 0 Å². The molecule has 5 N–H and O–H groups in total. The van der Waals surface area contributed by atoms with Gasteiger partial charge in [-0.1, -0.05) is 0 Å². The lowest BCUT2D eigenvalue weighted by Gasteiger charge is -2.35. The minimum Gasteiger partial charge on any atom is -0.496 e. The van der Waals surface area contributed by atoms with Gasteiger partial charge >= 0.3 is 18.2 Å². The molecule has 1 amide bonds. The van der Waals surface area contributed by atoms with Crippen LogP contribution in [0.1, 0.15) is 25.3 Å². The predicted octanol–water partition coefficient (Wildman–Crippen LogP) is 0.646. The Morgan fingerprint density at radius 3 is 2.27 bits per heavy atom. The van der Waals surface area contributed by atoms with Crippen molar-refractivity contribution in [3.8, 4) is 11.5 Å². The van der Waals surface area contributed by atoms with E-state index in [1.807, 2.05) is 0 Å². The molecular formula is C19H26BrNO12. The third-order valence-electron chi connectivity index (χ3n) is 4.58. The van der Waals surface area contributed by atoms with E-state index >= 15 is 0 Å². The molecule has 1 heterocycles. The highest BCUT2D eigenvalue weighted by atomic mass is 79.9. The molecule has 13 nitrogen and oxygen atoms in total. The van der Waals surface area contributed by atoms with Gasteiger partial charge < -0.3 is 48.8 Å². The largest absolute Gasteiger partial charge is 0.511 e. The van der Waals surface area contributed by atoms with Gasteiger partial charge in [-0.15, -0.1) is 0 Å². The first-order valence-corrected chi connectivity index (χ1v) is 10.5. The lowest BCUT2D eigenvalue weighted by atomic mass is 10.0. The molecule has 1 aromatic rings. The first kappa shape index (κ1) is 26.9. The Morgan fingerprint density at radius 1 is 1.09 bits per heavy atom. The van der Waals surface area contributed by atoms with Gasteiger partial charge in [0, 0.05) is 19.8 Å². The Balaban J connectivity index is 2.03. The molecule has 1 aromatic carbocycles. The summed E-state index contributed by atoms with van der Waals surface area (Å²) in [7, 11) is 2.49. The van der Waals surface area contributed by atoms with Crippen molar-refractivity contribution in [2.24, 2.45) is 0 Å². The minimum absolute atomic E-state index is 0.0988. The fourth-order valence-corrected chi connectivity index (χ4v) is 3.33. The van der Waals surface area contributed by atoms with Crippen molar-refractivity contribution in [2.45, 2.75) is 43.9 Å². The number of halogens is 1. The van der Waals surface area contributed by atoms with Crippen molar-refractivity contribution in [1.82, 2.24) is 5.32 Å². The molecule has 2 rings (SSSR count). The molecule has 14 heteroatoms. The van der Waals surface area contributed by atoms with E-state index in [0.29, 0.717) is 30.5 Å². The number of nitrogens with one attached hydrogen (secondary N) is 1. The molecule has 0 aromatic heterocycles. The number of amides is 1. The number of aliphatic hydroxyl groups is 4. The van der Waals surface area contributed by atoms with Crippen LogP contribution in [0.4, 0.5) is 9.59 Å². The highest BCUT2D eigenvalue weighted by Crippen LogP contribution is 2.40. The first-order valence-electron chi connectivity index (χ1n) is 9.66. The first-order chi connectivity index (χ1) is 15.4. The van der Waals surface area contributed by atoms with E-state index in [1.165, 1.54) is 25.6 Å². The average molecular weight is 540 g/mol. The molecule has 1 aliphatic rings. The highest BCUT2D eigenvalue weighted by Gasteiger charge is 2.53. The van der Waals surface area contributed by atoms with Crippen molar-refractivity contribution < 1.29 is 58.4 Å². The summed E-state index contributed by atoms with van der Waals surface area (Å²) in [6, 6.07) is 2.33. The normalized spacial score (nSPS) is 15.9. The molecule has 1 fully saturated rings. The van der Waals surface area contributed by atoms with Gasteiger partial charge in [-0.3, -0.25) is 5.32 Å². The second-order valence-corrected chi connectivity index (χ2v) is 7.78. The molecule has 1 aliphatic heterocycles. The van der Waals surface area contributed by atoms with E-state index in [2.05, 4.69) is 15.9 Å². The van der Waals surface area contributed by atoms with Gasteiger partial charge in [-0.05, 0) is 28.1 Å². The number of carbonyl (C=O) groups excluding carboxylic acids is 2. The van der Waals surface area contributed by atoms with Crippen LogP contribution in [0.25, 0.3) is 0 Å². The Bertz CT molecular complexity index is 840. The van der Waals surface area contributed by atoms with Crippen LogP contribution in [0.2, 0.25) is 0 Å². The summed E-state index contributed by atoms with van der Waals surface area (Å²) in [5.41, 5.74) is -0.556. The summed E-state index contributed by atoms with van der Waals surface area (Å²) >= 11 is 3.18. The molecular weight excluding hydrogens is 514 g/mol. The van der Waals surface area contributed by atoms with Crippen LogP contribution >= 0.6 is 15.9 Å². The van der Waals surface area contributed by atoms with Crippen LogP contribution < -0.4 is 14.8 Å².